The average molecular weight is 323 g/mol. The zero-order valence-electron chi connectivity index (χ0n) is 12.8. The highest BCUT2D eigenvalue weighted by Crippen LogP contribution is 2.38. The Morgan fingerprint density at radius 1 is 1.27 bits per heavy atom. The van der Waals surface area contributed by atoms with Gasteiger partial charge in [0.25, 0.3) is 0 Å². The zero-order valence-corrected chi connectivity index (χ0v) is 13.6. The van der Waals surface area contributed by atoms with Gasteiger partial charge < -0.3 is 5.11 Å². The third-order valence-corrected chi connectivity index (χ3v) is 6.44. The number of nitriles is 1. The number of carboxylic acid groups (broad SMARTS) is 1. The van der Waals surface area contributed by atoms with E-state index in [-0.39, 0.29) is 12.8 Å². The Morgan fingerprint density at radius 2 is 1.86 bits per heavy atom. The lowest BCUT2D eigenvalue weighted by Gasteiger charge is -2.29. The number of hydrogen-bond acceptors (Lipinski definition) is 4. The minimum atomic E-state index is -3.71. The molecule has 0 spiro atoms. The van der Waals surface area contributed by atoms with E-state index in [1.807, 2.05) is 6.07 Å². The van der Waals surface area contributed by atoms with Crippen molar-refractivity contribution < 1.29 is 18.3 Å². The van der Waals surface area contributed by atoms with Crippen molar-refractivity contribution in [2.24, 2.45) is 0 Å². The summed E-state index contributed by atoms with van der Waals surface area (Å²) < 4.78 is 23.9. The van der Waals surface area contributed by atoms with Crippen molar-refractivity contribution in [1.82, 2.24) is 0 Å². The second-order valence-electron chi connectivity index (χ2n) is 5.50. The van der Waals surface area contributed by atoms with Crippen LogP contribution in [0.25, 0.3) is 0 Å². The van der Waals surface area contributed by atoms with Crippen molar-refractivity contribution in [1.29, 1.82) is 5.26 Å². The summed E-state index contributed by atoms with van der Waals surface area (Å²) in [7, 11) is -3.71. The summed E-state index contributed by atoms with van der Waals surface area (Å²) >= 11 is 0. The highest BCUT2D eigenvalue weighted by atomic mass is 32.2. The summed E-state index contributed by atoms with van der Waals surface area (Å²) in [6, 6.07) is 10.5. The molecule has 0 saturated heterocycles. The summed E-state index contributed by atoms with van der Waals surface area (Å²) in [5.74, 6) is -0.922. The molecule has 6 heteroatoms. The van der Waals surface area contributed by atoms with Crippen LogP contribution in [0.4, 0.5) is 0 Å². The summed E-state index contributed by atoms with van der Waals surface area (Å²) in [5, 5.41) is 17.7. The van der Waals surface area contributed by atoms with Crippen LogP contribution in [0, 0.1) is 11.3 Å². The third kappa shape index (κ3) is 3.66. The SMILES string of the molecule is CC(C)S(=O)(=O)C(C#N)(CCCCC(=O)O)c1ccccc1. The molecule has 1 rings (SSSR count). The van der Waals surface area contributed by atoms with Crippen molar-refractivity contribution >= 4 is 15.8 Å². The van der Waals surface area contributed by atoms with Gasteiger partial charge in [0.05, 0.1) is 11.3 Å². The Labute approximate surface area is 131 Å². The zero-order chi connectivity index (χ0) is 16.8. The highest BCUT2D eigenvalue weighted by Gasteiger charge is 2.46. The lowest BCUT2D eigenvalue weighted by molar-refractivity contribution is -0.137. The normalized spacial score (nSPS) is 14.3. The van der Waals surface area contributed by atoms with Gasteiger partial charge in [-0.2, -0.15) is 5.26 Å². The Bertz CT molecular complexity index is 646. The number of carbonyl (C=O) groups is 1. The molecular formula is C16H21NO4S. The second-order valence-corrected chi connectivity index (χ2v) is 8.23. The molecule has 0 heterocycles. The topological polar surface area (TPSA) is 95.2 Å². The molecular weight excluding hydrogens is 302 g/mol. The molecule has 1 atom stereocenters. The molecule has 0 radical (unpaired) electrons. The van der Waals surface area contributed by atoms with Crippen molar-refractivity contribution in [3.8, 4) is 6.07 Å². The first kappa shape index (κ1) is 18.2. The summed E-state index contributed by atoms with van der Waals surface area (Å²) in [6.45, 7) is 3.11. The molecule has 0 aromatic heterocycles. The molecule has 1 N–H and O–H groups in total. The quantitative estimate of drug-likeness (QED) is 0.742. The number of sulfone groups is 1. The maximum atomic E-state index is 12.8. The monoisotopic (exact) mass is 323 g/mol. The van der Waals surface area contributed by atoms with E-state index >= 15 is 0 Å². The molecule has 120 valence electrons. The third-order valence-electron chi connectivity index (χ3n) is 3.70. The van der Waals surface area contributed by atoms with Crippen LogP contribution in [0.1, 0.15) is 45.1 Å². The lowest BCUT2D eigenvalue weighted by atomic mass is 9.93. The Balaban J connectivity index is 3.21. The van der Waals surface area contributed by atoms with E-state index < -0.39 is 25.8 Å². The van der Waals surface area contributed by atoms with Gasteiger partial charge in [-0.15, -0.1) is 0 Å². The van der Waals surface area contributed by atoms with E-state index in [9.17, 15) is 18.5 Å². The van der Waals surface area contributed by atoms with E-state index in [2.05, 4.69) is 0 Å². The number of nitrogens with zero attached hydrogens (tertiary/aromatic N) is 1. The van der Waals surface area contributed by atoms with Gasteiger partial charge in [-0.1, -0.05) is 30.3 Å². The second kappa shape index (κ2) is 7.41. The van der Waals surface area contributed by atoms with Crippen LogP contribution >= 0.6 is 0 Å². The number of aliphatic carboxylic acids is 1. The summed E-state index contributed by atoms with van der Waals surface area (Å²) in [4.78, 5) is 10.6. The van der Waals surface area contributed by atoms with Gasteiger partial charge >= 0.3 is 5.97 Å². The van der Waals surface area contributed by atoms with Gasteiger partial charge in [-0.05, 0) is 38.7 Å². The molecule has 0 amide bonds. The standard InChI is InChI=1S/C16H21NO4S/c1-13(2)22(20,21)16(12-17,11-7-6-10-15(18)19)14-8-4-3-5-9-14/h3-5,8-9,13H,6-7,10-11H2,1-2H3,(H,18,19). The first-order chi connectivity index (χ1) is 10.3. The molecule has 0 saturated carbocycles. The van der Waals surface area contributed by atoms with Gasteiger partial charge in [0, 0.05) is 6.42 Å². The molecule has 1 aromatic rings. The van der Waals surface area contributed by atoms with Crippen LogP contribution < -0.4 is 0 Å². The minimum Gasteiger partial charge on any atom is -0.481 e. The minimum absolute atomic E-state index is 0.0297. The van der Waals surface area contributed by atoms with E-state index in [1.165, 1.54) is 0 Å². The molecule has 5 nitrogen and oxygen atoms in total. The molecule has 0 aliphatic rings. The van der Waals surface area contributed by atoms with E-state index in [4.69, 9.17) is 5.11 Å². The number of benzene rings is 1. The van der Waals surface area contributed by atoms with Crippen molar-refractivity contribution in [2.75, 3.05) is 0 Å². The largest absolute Gasteiger partial charge is 0.481 e. The van der Waals surface area contributed by atoms with Crippen molar-refractivity contribution in [3.63, 3.8) is 0 Å². The number of rotatable bonds is 8. The molecule has 0 fully saturated rings. The van der Waals surface area contributed by atoms with E-state index in [1.54, 1.807) is 44.2 Å². The van der Waals surface area contributed by atoms with Crippen LogP contribution in [0.3, 0.4) is 0 Å². The predicted octanol–water partition coefficient (Wildman–Crippen LogP) is 2.87. The van der Waals surface area contributed by atoms with Crippen LogP contribution in [0.15, 0.2) is 30.3 Å². The molecule has 22 heavy (non-hydrogen) atoms. The van der Waals surface area contributed by atoms with Crippen LogP contribution in [-0.4, -0.2) is 24.7 Å². The molecule has 1 unspecified atom stereocenters. The Hall–Kier alpha value is -1.87. The van der Waals surface area contributed by atoms with Gasteiger partial charge in [0.15, 0.2) is 14.6 Å². The fourth-order valence-corrected chi connectivity index (χ4v) is 4.22. The van der Waals surface area contributed by atoms with Gasteiger partial charge in [-0.25, -0.2) is 8.42 Å². The first-order valence-electron chi connectivity index (χ1n) is 7.20. The maximum Gasteiger partial charge on any atom is 0.303 e. The summed E-state index contributed by atoms with van der Waals surface area (Å²) in [5.41, 5.74) is 0.446. The predicted molar refractivity (Wildman–Crippen MR) is 83.9 cm³/mol. The van der Waals surface area contributed by atoms with Crippen molar-refractivity contribution in [3.05, 3.63) is 35.9 Å². The Kier molecular flexibility index (Phi) is 6.12. The molecule has 0 aliphatic heterocycles. The fraction of sp³-hybridized carbons (Fsp3) is 0.500. The Morgan fingerprint density at radius 3 is 2.32 bits per heavy atom. The number of carboxylic acids is 1. The molecule has 0 aliphatic carbocycles. The smallest absolute Gasteiger partial charge is 0.303 e. The van der Waals surface area contributed by atoms with Gasteiger partial charge in [0.2, 0.25) is 0 Å². The first-order valence-corrected chi connectivity index (χ1v) is 8.74. The van der Waals surface area contributed by atoms with Gasteiger partial charge in [0.1, 0.15) is 0 Å². The van der Waals surface area contributed by atoms with E-state index in [0.29, 0.717) is 18.4 Å². The maximum absolute atomic E-state index is 12.8. The van der Waals surface area contributed by atoms with Crippen LogP contribution in [0.5, 0.6) is 0 Å². The summed E-state index contributed by atoms with van der Waals surface area (Å²) in [6.07, 6.45) is 0.777. The highest BCUT2D eigenvalue weighted by molar-refractivity contribution is 7.93. The number of unbranched alkanes of at least 4 members (excludes halogenated alkanes) is 1. The van der Waals surface area contributed by atoms with E-state index in [0.717, 1.165) is 0 Å². The number of hydrogen-bond donors (Lipinski definition) is 1. The average Bonchev–Trinajstić information content (AvgIpc) is 2.48. The van der Waals surface area contributed by atoms with Crippen LogP contribution in [-0.2, 0) is 19.4 Å². The van der Waals surface area contributed by atoms with Crippen LogP contribution in [0.2, 0.25) is 0 Å². The lowest BCUT2D eigenvalue weighted by Crippen LogP contribution is -2.39. The van der Waals surface area contributed by atoms with Crippen molar-refractivity contribution in [2.45, 2.75) is 49.5 Å². The fourth-order valence-electron chi connectivity index (χ4n) is 2.39. The molecule has 1 aromatic carbocycles. The van der Waals surface area contributed by atoms with Gasteiger partial charge in [-0.3, -0.25) is 4.79 Å². The molecule has 0 bridgehead atoms.